The molecule has 1 aliphatic rings. The number of nitrogens with one attached hydrogen (secondary N) is 1. The summed E-state index contributed by atoms with van der Waals surface area (Å²) in [5.41, 5.74) is 2.15. The first-order valence-electron chi connectivity index (χ1n) is 9.34. The van der Waals surface area contributed by atoms with Crippen molar-refractivity contribution in [1.29, 1.82) is 4.78 Å². The minimum Gasteiger partial charge on any atom is -0.480 e. The first-order valence-corrected chi connectivity index (χ1v) is 11.2. The van der Waals surface area contributed by atoms with Gasteiger partial charge in [0.15, 0.2) is 0 Å². The maximum atomic E-state index is 13.6. The van der Waals surface area contributed by atoms with Gasteiger partial charge in [-0.2, -0.15) is 13.2 Å². The summed E-state index contributed by atoms with van der Waals surface area (Å²) >= 11 is 0. The maximum absolute atomic E-state index is 13.6. The third-order valence-corrected chi connectivity index (χ3v) is 7.13. The second-order valence-electron chi connectivity index (χ2n) is 7.52. The molecular weight excluding hydrogens is 411 g/mol. The molecule has 0 radical (unpaired) electrons. The van der Waals surface area contributed by atoms with E-state index in [9.17, 15) is 27.3 Å². The number of carboxylic acid groups (broad SMARTS) is 1. The Hall–Kier alpha value is -1.72. The largest absolute Gasteiger partial charge is 0.480 e. The summed E-state index contributed by atoms with van der Waals surface area (Å²) in [4.78, 5) is 14.5. The van der Waals surface area contributed by atoms with E-state index in [0.717, 1.165) is 37.3 Å². The van der Waals surface area contributed by atoms with Gasteiger partial charge in [0.2, 0.25) is 5.60 Å². The number of nitrogens with two attached hydrogens (primary N) is 1. The van der Waals surface area contributed by atoms with Crippen molar-refractivity contribution in [3.8, 4) is 0 Å². The second kappa shape index (κ2) is 8.97. The fourth-order valence-corrected chi connectivity index (χ4v) is 4.89. The molecule has 0 amide bonds. The van der Waals surface area contributed by atoms with Crippen LogP contribution in [0.5, 0.6) is 0 Å². The molecule has 29 heavy (non-hydrogen) atoms. The number of aliphatic carboxylic acids is 1. The lowest BCUT2D eigenvalue weighted by molar-refractivity contribution is -0.268. The van der Waals surface area contributed by atoms with Crippen LogP contribution in [0.1, 0.15) is 55.7 Å². The van der Waals surface area contributed by atoms with Crippen LogP contribution in [-0.4, -0.2) is 49.1 Å². The van der Waals surface area contributed by atoms with Crippen LogP contribution in [0.3, 0.4) is 0 Å². The number of hydrogen-bond acceptors (Lipinski definition) is 6. The highest BCUT2D eigenvalue weighted by atomic mass is 32.2. The minimum atomic E-state index is -5.08. The van der Waals surface area contributed by atoms with Crippen molar-refractivity contribution in [2.24, 2.45) is 5.73 Å². The molecule has 0 bridgehead atoms. The summed E-state index contributed by atoms with van der Waals surface area (Å²) in [5.74, 6) is -2.33. The van der Waals surface area contributed by atoms with Crippen molar-refractivity contribution in [1.82, 2.24) is 4.98 Å². The Morgan fingerprint density at radius 3 is 2.41 bits per heavy atom. The van der Waals surface area contributed by atoms with E-state index in [1.807, 2.05) is 0 Å². The quantitative estimate of drug-likeness (QED) is 0.469. The number of carbonyl (C=O) groups is 1. The second-order valence-corrected chi connectivity index (χ2v) is 9.96. The average Bonchev–Trinajstić information content (AvgIpc) is 3.18. The molecule has 164 valence electrons. The zero-order valence-corrected chi connectivity index (χ0v) is 16.6. The predicted molar refractivity (Wildman–Crippen MR) is 101 cm³/mol. The summed E-state index contributed by atoms with van der Waals surface area (Å²) in [6.45, 7) is 0. The van der Waals surface area contributed by atoms with E-state index < -0.39 is 57.1 Å². The Morgan fingerprint density at radius 1 is 1.31 bits per heavy atom. The Morgan fingerprint density at radius 2 is 1.93 bits per heavy atom. The Balaban J connectivity index is 2.14. The SMILES string of the molecule is N=S(=O)(CC[C@H](N)C(=O)O)CCC(O)(c1ccc(C2CCCC2)cn1)C(F)(F)F. The Labute approximate surface area is 167 Å². The molecule has 2 unspecified atom stereocenters. The number of aromatic nitrogens is 1. The standard InChI is InChI=1S/C18H26F3N3O4S/c19-18(20,21)17(27,8-10-29(23,28)9-7-14(22)16(25)26)15-6-5-13(11-24-15)12-3-1-2-4-12/h5-6,11-12,14,23,27H,1-4,7-10,22H2,(H,25,26)/t14-,17?,29?/m0/s1. The zero-order chi connectivity index (χ0) is 21.9. The number of halogens is 3. The number of hydrogen-bond donors (Lipinski definition) is 4. The fourth-order valence-electron chi connectivity index (χ4n) is 3.42. The molecule has 0 aromatic carbocycles. The molecule has 2 rings (SSSR count). The van der Waals surface area contributed by atoms with Crippen LogP contribution >= 0.6 is 0 Å². The number of aliphatic hydroxyl groups is 1. The van der Waals surface area contributed by atoms with Crippen LogP contribution < -0.4 is 5.73 Å². The highest BCUT2D eigenvalue weighted by molar-refractivity contribution is 7.92. The number of carboxylic acids is 1. The van der Waals surface area contributed by atoms with Crippen molar-refractivity contribution in [3.05, 3.63) is 29.6 Å². The van der Waals surface area contributed by atoms with Crippen molar-refractivity contribution in [2.45, 2.75) is 62.3 Å². The minimum absolute atomic E-state index is 0.251. The highest BCUT2D eigenvalue weighted by Crippen LogP contribution is 2.42. The van der Waals surface area contributed by atoms with Crippen molar-refractivity contribution >= 4 is 15.7 Å². The van der Waals surface area contributed by atoms with Crippen LogP contribution in [0.25, 0.3) is 0 Å². The van der Waals surface area contributed by atoms with Gasteiger partial charge in [-0.05, 0) is 36.8 Å². The van der Waals surface area contributed by atoms with Gasteiger partial charge < -0.3 is 15.9 Å². The molecule has 5 N–H and O–H groups in total. The molecule has 0 saturated heterocycles. The van der Waals surface area contributed by atoms with Crippen molar-refractivity contribution in [3.63, 3.8) is 0 Å². The van der Waals surface area contributed by atoms with Crippen LogP contribution in [0.4, 0.5) is 13.2 Å². The van der Waals surface area contributed by atoms with Crippen molar-refractivity contribution in [2.75, 3.05) is 11.5 Å². The molecule has 1 fully saturated rings. The van der Waals surface area contributed by atoms with Crippen LogP contribution in [0.2, 0.25) is 0 Å². The molecule has 7 nitrogen and oxygen atoms in total. The average molecular weight is 437 g/mol. The van der Waals surface area contributed by atoms with Gasteiger partial charge in [0, 0.05) is 33.9 Å². The first-order chi connectivity index (χ1) is 13.4. The molecule has 11 heteroatoms. The van der Waals surface area contributed by atoms with Gasteiger partial charge in [-0.3, -0.25) is 14.6 Å². The molecular formula is C18H26F3N3O4S. The lowest BCUT2D eigenvalue weighted by Crippen LogP contribution is -2.44. The number of nitrogens with zero attached hydrogens (tertiary/aromatic N) is 1. The smallest absolute Gasteiger partial charge is 0.423 e. The van der Waals surface area contributed by atoms with E-state index in [1.54, 1.807) is 0 Å². The van der Waals surface area contributed by atoms with E-state index >= 15 is 0 Å². The monoisotopic (exact) mass is 437 g/mol. The molecule has 0 aliphatic heterocycles. The molecule has 1 aliphatic carbocycles. The third-order valence-electron chi connectivity index (χ3n) is 5.38. The van der Waals surface area contributed by atoms with Gasteiger partial charge in [-0.25, -0.2) is 4.21 Å². The van der Waals surface area contributed by atoms with Crippen LogP contribution in [-0.2, 0) is 20.1 Å². The van der Waals surface area contributed by atoms with Gasteiger partial charge in [-0.15, -0.1) is 0 Å². The van der Waals surface area contributed by atoms with Gasteiger partial charge in [0.1, 0.15) is 6.04 Å². The maximum Gasteiger partial charge on any atom is 0.423 e. The van der Waals surface area contributed by atoms with Crippen LogP contribution in [0.15, 0.2) is 18.3 Å². The number of pyridine rings is 1. The van der Waals surface area contributed by atoms with Gasteiger partial charge >= 0.3 is 12.1 Å². The molecule has 1 aromatic heterocycles. The molecule has 1 saturated carbocycles. The van der Waals surface area contributed by atoms with Crippen molar-refractivity contribution < 1.29 is 32.4 Å². The summed E-state index contributed by atoms with van der Waals surface area (Å²) in [6, 6.07) is 1.30. The predicted octanol–water partition coefficient (Wildman–Crippen LogP) is 2.73. The van der Waals surface area contributed by atoms with Gasteiger partial charge in [-0.1, -0.05) is 18.9 Å². The van der Waals surface area contributed by atoms with Crippen LogP contribution in [0, 0.1) is 4.78 Å². The van der Waals surface area contributed by atoms with Gasteiger partial charge in [0.05, 0.1) is 5.69 Å². The molecule has 1 aromatic rings. The fraction of sp³-hybridized carbons (Fsp3) is 0.667. The Kier molecular flexibility index (Phi) is 7.28. The summed E-state index contributed by atoms with van der Waals surface area (Å²) in [6.07, 6.45) is -1.06. The summed E-state index contributed by atoms with van der Waals surface area (Å²) in [7, 11) is -3.56. The van der Waals surface area contributed by atoms with E-state index in [2.05, 4.69) is 4.98 Å². The van der Waals surface area contributed by atoms with E-state index in [4.69, 9.17) is 15.6 Å². The van der Waals surface area contributed by atoms with E-state index in [0.29, 0.717) is 0 Å². The van der Waals surface area contributed by atoms with E-state index in [1.165, 1.54) is 12.3 Å². The number of rotatable bonds is 9. The third kappa shape index (κ3) is 5.89. The topological polar surface area (TPSA) is 137 Å². The molecule has 1 heterocycles. The molecule has 3 atom stereocenters. The normalized spacial score (nSPS) is 20.7. The lowest BCUT2D eigenvalue weighted by Gasteiger charge is -2.30. The van der Waals surface area contributed by atoms with Gasteiger partial charge in [0.25, 0.3) is 0 Å². The summed E-state index contributed by atoms with van der Waals surface area (Å²) in [5, 5.41) is 19.1. The number of alkyl halides is 3. The summed E-state index contributed by atoms with van der Waals surface area (Å²) < 4.78 is 60.9. The zero-order valence-electron chi connectivity index (χ0n) is 15.8. The van der Waals surface area contributed by atoms with E-state index in [-0.39, 0.29) is 12.3 Å². The highest BCUT2D eigenvalue weighted by Gasteiger charge is 2.56. The molecule has 0 spiro atoms. The first kappa shape index (κ1) is 23.6. The lowest BCUT2D eigenvalue weighted by atomic mass is 9.93. The Bertz CT molecular complexity index is 809.